The van der Waals surface area contributed by atoms with E-state index >= 15 is 0 Å². The van der Waals surface area contributed by atoms with Crippen molar-refractivity contribution in [3.63, 3.8) is 0 Å². The highest BCUT2D eigenvalue weighted by molar-refractivity contribution is 6.05. The summed E-state index contributed by atoms with van der Waals surface area (Å²) in [5.74, 6) is -0.0585. The molecule has 0 radical (unpaired) electrons. The highest BCUT2D eigenvalue weighted by Gasteiger charge is 2.59. The van der Waals surface area contributed by atoms with E-state index in [9.17, 15) is 9.59 Å². The van der Waals surface area contributed by atoms with Crippen molar-refractivity contribution >= 4 is 11.8 Å². The maximum Gasteiger partial charge on any atom is 0.258 e. The van der Waals surface area contributed by atoms with E-state index in [4.69, 9.17) is 4.84 Å². The lowest BCUT2D eigenvalue weighted by Crippen LogP contribution is -2.31. The Morgan fingerprint density at radius 2 is 1.71 bits per heavy atom. The van der Waals surface area contributed by atoms with Crippen LogP contribution in [0.4, 0.5) is 0 Å². The van der Waals surface area contributed by atoms with Crippen LogP contribution in [0.3, 0.4) is 0 Å². The smallest absolute Gasteiger partial charge is 0.258 e. The molecule has 2 bridgehead atoms. The third-order valence-electron chi connectivity index (χ3n) is 3.61. The van der Waals surface area contributed by atoms with Crippen LogP contribution >= 0.6 is 0 Å². The van der Waals surface area contributed by atoms with Crippen LogP contribution in [0, 0.1) is 23.7 Å². The Morgan fingerprint density at radius 1 is 1.21 bits per heavy atom. The number of carbonyl (C=O) groups excluding carboxylic acids is 2. The minimum atomic E-state index is -0.153. The third kappa shape index (κ3) is 0.733. The maximum absolute atomic E-state index is 11.8. The Bertz CT molecular complexity index is 319. The third-order valence-corrected chi connectivity index (χ3v) is 3.61. The van der Waals surface area contributed by atoms with E-state index in [2.05, 4.69) is 12.2 Å². The molecule has 1 heterocycles. The first-order valence-electron chi connectivity index (χ1n) is 4.84. The number of nitrogens with zero attached hydrogens (tertiary/aromatic N) is 1. The van der Waals surface area contributed by atoms with Crippen molar-refractivity contribution in [3.8, 4) is 0 Å². The topological polar surface area (TPSA) is 46.6 Å². The minimum Gasteiger partial charge on any atom is -0.272 e. The first-order chi connectivity index (χ1) is 6.74. The molecule has 3 aliphatic rings. The van der Waals surface area contributed by atoms with Crippen LogP contribution in [0.2, 0.25) is 0 Å². The molecule has 1 saturated carbocycles. The van der Waals surface area contributed by atoms with E-state index in [-0.39, 0.29) is 35.5 Å². The lowest BCUT2D eigenvalue weighted by molar-refractivity contribution is -0.182. The SMILES string of the molecule is CON1C(=O)C2C3C=CC(C3)C2C1=O. The monoisotopic (exact) mass is 193 g/mol. The number of amides is 2. The normalized spacial score (nSPS) is 43.9. The van der Waals surface area contributed by atoms with E-state index in [1.54, 1.807) is 0 Å². The molecule has 3 rings (SSSR count). The Kier molecular flexibility index (Phi) is 1.43. The number of hydrogen-bond acceptors (Lipinski definition) is 3. The van der Waals surface area contributed by atoms with Crippen molar-refractivity contribution in [2.24, 2.45) is 23.7 Å². The molecule has 4 unspecified atom stereocenters. The fourth-order valence-electron chi connectivity index (χ4n) is 3.05. The van der Waals surface area contributed by atoms with Crippen LogP contribution in [0.15, 0.2) is 12.2 Å². The molecule has 2 aliphatic carbocycles. The predicted molar refractivity (Wildman–Crippen MR) is 46.6 cm³/mol. The van der Waals surface area contributed by atoms with Gasteiger partial charge in [0.15, 0.2) is 0 Å². The summed E-state index contributed by atoms with van der Waals surface area (Å²) in [6, 6.07) is 0. The van der Waals surface area contributed by atoms with Gasteiger partial charge in [-0.05, 0) is 18.3 Å². The van der Waals surface area contributed by atoms with Gasteiger partial charge < -0.3 is 0 Å². The Hall–Kier alpha value is -1.16. The second kappa shape index (κ2) is 2.45. The van der Waals surface area contributed by atoms with Crippen LogP contribution < -0.4 is 0 Å². The van der Waals surface area contributed by atoms with Crippen molar-refractivity contribution in [2.75, 3.05) is 7.11 Å². The number of carbonyl (C=O) groups is 2. The molecule has 0 aromatic rings. The van der Waals surface area contributed by atoms with Crippen LogP contribution in [0.5, 0.6) is 0 Å². The van der Waals surface area contributed by atoms with E-state index in [0.29, 0.717) is 0 Å². The molecular weight excluding hydrogens is 182 g/mol. The molecule has 4 heteroatoms. The molecule has 0 aromatic heterocycles. The van der Waals surface area contributed by atoms with Crippen LogP contribution in [0.25, 0.3) is 0 Å². The summed E-state index contributed by atoms with van der Waals surface area (Å²) in [5.41, 5.74) is 0. The number of hydrogen-bond donors (Lipinski definition) is 0. The molecule has 74 valence electrons. The summed E-state index contributed by atoms with van der Waals surface area (Å²) in [7, 11) is 1.37. The number of rotatable bonds is 1. The Morgan fingerprint density at radius 3 is 2.14 bits per heavy atom. The Labute approximate surface area is 81.5 Å². The lowest BCUT2D eigenvalue weighted by atomic mass is 9.85. The van der Waals surface area contributed by atoms with Gasteiger partial charge in [-0.15, -0.1) is 0 Å². The van der Waals surface area contributed by atoms with Gasteiger partial charge in [0.05, 0.1) is 18.9 Å². The van der Waals surface area contributed by atoms with Crippen LogP contribution in [-0.2, 0) is 14.4 Å². The molecule has 2 fully saturated rings. The quantitative estimate of drug-likeness (QED) is 0.446. The number of imide groups is 1. The summed E-state index contributed by atoms with van der Waals surface area (Å²) < 4.78 is 0. The first kappa shape index (κ1) is 8.17. The van der Waals surface area contributed by atoms with Crippen molar-refractivity contribution in [1.29, 1.82) is 0 Å². The van der Waals surface area contributed by atoms with Gasteiger partial charge in [-0.2, -0.15) is 5.06 Å². The molecule has 1 aliphatic heterocycles. The average molecular weight is 193 g/mol. The summed E-state index contributed by atoms with van der Waals surface area (Å²) in [4.78, 5) is 28.3. The standard InChI is InChI=1S/C10H11NO3/c1-14-11-9(12)7-5-2-3-6(4-5)8(7)10(11)13/h2-3,5-8H,4H2,1H3. The zero-order valence-corrected chi connectivity index (χ0v) is 7.84. The van der Waals surface area contributed by atoms with Crippen molar-refractivity contribution < 1.29 is 14.4 Å². The highest BCUT2D eigenvalue weighted by atomic mass is 16.7. The molecular formula is C10H11NO3. The summed E-state index contributed by atoms with van der Waals surface area (Å²) in [6.45, 7) is 0. The summed E-state index contributed by atoms with van der Waals surface area (Å²) in [6.07, 6.45) is 5.09. The van der Waals surface area contributed by atoms with E-state index in [0.717, 1.165) is 11.5 Å². The molecule has 14 heavy (non-hydrogen) atoms. The largest absolute Gasteiger partial charge is 0.272 e. The van der Waals surface area contributed by atoms with Crippen LogP contribution in [0.1, 0.15) is 6.42 Å². The lowest BCUT2D eigenvalue weighted by Gasteiger charge is -2.13. The zero-order valence-electron chi connectivity index (χ0n) is 7.84. The minimum absolute atomic E-state index is 0.141. The van der Waals surface area contributed by atoms with Gasteiger partial charge in [-0.25, -0.2) is 0 Å². The van der Waals surface area contributed by atoms with E-state index in [1.807, 2.05) is 0 Å². The van der Waals surface area contributed by atoms with Crippen LogP contribution in [-0.4, -0.2) is 24.0 Å². The first-order valence-corrected chi connectivity index (χ1v) is 4.84. The fourth-order valence-corrected chi connectivity index (χ4v) is 3.05. The summed E-state index contributed by atoms with van der Waals surface area (Å²) in [5, 5.41) is 0.932. The second-order valence-corrected chi connectivity index (χ2v) is 4.15. The summed E-state index contributed by atoms with van der Waals surface area (Å²) >= 11 is 0. The molecule has 0 aromatic carbocycles. The number of fused-ring (bicyclic) bond motifs is 5. The fraction of sp³-hybridized carbons (Fsp3) is 0.600. The van der Waals surface area contributed by atoms with Gasteiger partial charge >= 0.3 is 0 Å². The van der Waals surface area contributed by atoms with Gasteiger partial charge in [-0.1, -0.05) is 12.2 Å². The average Bonchev–Trinajstić information content (AvgIpc) is 2.80. The Balaban J connectivity index is 2.02. The van der Waals surface area contributed by atoms with Gasteiger partial charge in [0.1, 0.15) is 0 Å². The second-order valence-electron chi connectivity index (χ2n) is 4.15. The predicted octanol–water partition coefficient (Wildman–Crippen LogP) is 0.355. The highest BCUT2D eigenvalue weighted by Crippen LogP contribution is 2.52. The van der Waals surface area contributed by atoms with Gasteiger partial charge in [0.2, 0.25) is 0 Å². The maximum atomic E-state index is 11.8. The molecule has 1 saturated heterocycles. The van der Waals surface area contributed by atoms with Crippen molar-refractivity contribution in [3.05, 3.63) is 12.2 Å². The molecule has 0 N–H and O–H groups in total. The number of hydroxylamine groups is 2. The zero-order chi connectivity index (χ0) is 9.87. The molecule has 4 atom stereocenters. The number of allylic oxidation sites excluding steroid dienone is 2. The van der Waals surface area contributed by atoms with Gasteiger partial charge in [0.25, 0.3) is 11.8 Å². The van der Waals surface area contributed by atoms with Crippen molar-refractivity contribution in [1.82, 2.24) is 5.06 Å². The van der Waals surface area contributed by atoms with Crippen molar-refractivity contribution in [2.45, 2.75) is 6.42 Å². The molecule has 4 nitrogen and oxygen atoms in total. The molecule has 0 spiro atoms. The molecule has 2 amide bonds. The van der Waals surface area contributed by atoms with E-state index < -0.39 is 0 Å². The van der Waals surface area contributed by atoms with E-state index in [1.165, 1.54) is 7.11 Å². The van der Waals surface area contributed by atoms with Gasteiger partial charge in [0, 0.05) is 0 Å². The van der Waals surface area contributed by atoms with Gasteiger partial charge in [-0.3, -0.25) is 14.4 Å².